The number of carbonyl (C=O) groups is 1. The van der Waals surface area contributed by atoms with Gasteiger partial charge in [-0.2, -0.15) is 0 Å². The minimum Gasteiger partial charge on any atom is -0.319 e. The molecule has 0 atom stereocenters. The molecule has 2 aromatic rings. The van der Waals surface area contributed by atoms with Crippen molar-refractivity contribution >= 4 is 28.9 Å². The Hall–Kier alpha value is -2.47. The van der Waals surface area contributed by atoms with Crippen LogP contribution in [0.25, 0.3) is 0 Å². The number of rotatable bonds is 3. The number of nitro groups is 1. The molecule has 0 spiro atoms. The van der Waals surface area contributed by atoms with Crippen molar-refractivity contribution in [3.8, 4) is 0 Å². The maximum absolute atomic E-state index is 13.7. The first-order valence-electron chi connectivity index (χ1n) is 5.90. The highest BCUT2D eigenvalue weighted by molar-refractivity contribution is 6.34. The van der Waals surface area contributed by atoms with Crippen molar-refractivity contribution in [3.63, 3.8) is 0 Å². The normalized spacial score (nSPS) is 10.2. The Morgan fingerprint density at radius 2 is 2.00 bits per heavy atom. The largest absolute Gasteiger partial charge is 0.319 e. The lowest BCUT2D eigenvalue weighted by molar-refractivity contribution is -0.384. The van der Waals surface area contributed by atoms with Gasteiger partial charge in [0.2, 0.25) is 0 Å². The van der Waals surface area contributed by atoms with Gasteiger partial charge in [0, 0.05) is 12.1 Å². The molecule has 0 heterocycles. The van der Waals surface area contributed by atoms with E-state index >= 15 is 0 Å². The highest BCUT2D eigenvalue weighted by atomic mass is 35.5. The summed E-state index contributed by atoms with van der Waals surface area (Å²) in [5.41, 5.74) is 0.541. The molecule has 1 amide bonds. The Labute approximate surface area is 124 Å². The van der Waals surface area contributed by atoms with Gasteiger partial charge in [-0.15, -0.1) is 0 Å². The van der Waals surface area contributed by atoms with Crippen LogP contribution >= 0.6 is 11.6 Å². The fourth-order valence-corrected chi connectivity index (χ4v) is 1.97. The van der Waals surface area contributed by atoms with Gasteiger partial charge >= 0.3 is 0 Å². The number of halogens is 2. The van der Waals surface area contributed by atoms with Crippen LogP contribution in [0.1, 0.15) is 15.9 Å². The first kappa shape index (κ1) is 14.9. The van der Waals surface area contributed by atoms with Crippen molar-refractivity contribution in [1.82, 2.24) is 0 Å². The first-order valence-corrected chi connectivity index (χ1v) is 6.27. The van der Waals surface area contributed by atoms with E-state index in [2.05, 4.69) is 5.32 Å². The van der Waals surface area contributed by atoms with Crippen LogP contribution in [0.5, 0.6) is 0 Å². The van der Waals surface area contributed by atoms with E-state index in [-0.39, 0.29) is 22.0 Å². The molecular formula is C14H10ClFN2O3. The maximum Gasteiger partial charge on any atom is 0.270 e. The van der Waals surface area contributed by atoms with Gasteiger partial charge in [0.1, 0.15) is 5.82 Å². The third kappa shape index (κ3) is 3.35. The number of nitrogens with one attached hydrogen (secondary N) is 1. The van der Waals surface area contributed by atoms with E-state index in [4.69, 9.17) is 11.6 Å². The molecule has 2 aromatic carbocycles. The Balaban J connectivity index is 2.26. The molecule has 0 radical (unpaired) electrons. The summed E-state index contributed by atoms with van der Waals surface area (Å²) in [6, 6.07) is 7.82. The molecule has 0 aliphatic carbocycles. The van der Waals surface area contributed by atoms with Crippen molar-refractivity contribution in [2.24, 2.45) is 0 Å². The Kier molecular flexibility index (Phi) is 4.18. The standard InChI is InChI=1S/C14H10ClFN2O3/c1-8-2-5-13(12(16)6-8)17-14(19)10-4-3-9(18(20)21)7-11(10)15/h2-7H,1H3,(H,17,19). The Bertz CT molecular complexity index is 734. The second kappa shape index (κ2) is 5.88. The van der Waals surface area contributed by atoms with Gasteiger partial charge in [-0.3, -0.25) is 14.9 Å². The molecule has 0 saturated heterocycles. The molecule has 2 rings (SSSR count). The Morgan fingerprint density at radius 3 is 2.57 bits per heavy atom. The van der Waals surface area contributed by atoms with Gasteiger partial charge in [0.05, 0.1) is 21.2 Å². The smallest absolute Gasteiger partial charge is 0.270 e. The zero-order chi connectivity index (χ0) is 15.6. The highest BCUT2D eigenvalue weighted by Crippen LogP contribution is 2.24. The van der Waals surface area contributed by atoms with Crippen molar-refractivity contribution in [3.05, 3.63) is 68.5 Å². The Morgan fingerprint density at radius 1 is 1.29 bits per heavy atom. The predicted molar refractivity (Wildman–Crippen MR) is 77.2 cm³/mol. The summed E-state index contributed by atoms with van der Waals surface area (Å²) < 4.78 is 13.7. The third-order valence-corrected chi connectivity index (χ3v) is 3.09. The first-order chi connectivity index (χ1) is 9.88. The van der Waals surface area contributed by atoms with E-state index in [1.54, 1.807) is 13.0 Å². The van der Waals surface area contributed by atoms with Gasteiger partial charge in [-0.1, -0.05) is 17.7 Å². The summed E-state index contributed by atoms with van der Waals surface area (Å²) in [5, 5.41) is 12.9. The van der Waals surface area contributed by atoms with Gasteiger partial charge in [-0.05, 0) is 30.7 Å². The number of hydrogen-bond donors (Lipinski definition) is 1. The zero-order valence-electron chi connectivity index (χ0n) is 10.9. The lowest BCUT2D eigenvalue weighted by Gasteiger charge is -2.08. The molecule has 0 aliphatic heterocycles. The number of carbonyl (C=O) groups excluding carboxylic acids is 1. The zero-order valence-corrected chi connectivity index (χ0v) is 11.6. The number of non-ortho nitro benzene ring substituents is 1. The molecule has 108 valence electrons. The van der Waals surface area contributed by atoms with Crippen LogP contribution in [-0.2, 0) is 0 Å². The molecule has 21 heavy (non-hydrogen) atoms. The van der Waals surface area contributed by atoms with Crippen LogP contribution in [0.3, 0.4) is 0 Å². The van der Waals surface area contributed by atoms with Crippen molar-refractivity contribution in [2.45, 2.75) is 6.92 Å². The van der Waals surface area contributed by atoms with Crippen molar-refractivity contribution < 1.29 is 14.1 Å². The topological polar surface area (TPSA) is 72.2 Å². The monoisotopic (exact) mass is 308 g/mol. The molecule has 1 N–H and O–H groups in total. The highest BCUT2D eigenvalue weighted by Gasteiger charge is 2.16. The fourth-order valence-electron chi connectivity index (χ4n) is 1.71. The van der Waals surface area contributed by atoms with Crippen LogP contribution in [0.4, 0.5) is 15.8 Å². The van der Waals surface area contributed by atoms with Crippen LogP contribution in [0, 0.1) is 22.9 Å². The second-order valence-corrected chi connectivity index (χ2v) is 4.77. The van der Waals surface area contributed by atoms with E-state index in [1.807, 2.05) is 0 Å². The number of nitro benzene ring substituents is 1. The van der Waals surface area contributed by atoms with E-state index in [0.29, 0.717) is 0 Å². The van der Waals surface area contributed by atoms with Gasteiger partial charge in [-0.25, -0.2) is 4.39 Å². The molecule has 0 bridgehead atoms. The number of amides is 1. The fraction of sp³-hybridized carbons (Fsp3) is 0.0714. The average Bonchev–Trinajstić information content (AvgIpc) is 2.41. The molecule has 0 unspecified atom stereocenters. The van der Waals surface area contributed by atoms with E-state index in [9.17, 15) is 19.3 Å². The van der Waals surface area contributed by atoms with E-state index < -0.39 is 16.6 Å². The lowest BCUT2D eigenvalue weighted by atomic mass is 10.1. The average molecular weight is 309 g/mol. The summed E-state index contributed by atoms with van der Waals surface area (Å²) in [5.74, 6) is -1.21. The SMILES string of the molecule is Cc1ccc(NC(=O)c2ccc([N+](=O)[O-])cc2Cl)c(F)c1. The molecule has 0 aromatic heterocycles. The van der Waals surface area contributed by atoms with E-state index in [1.165, 1.54) is 18.2 Å². The number of nitrogens with zero attached hydrogens (tertiary/aromatic N) is 1. The maximum atomic E-state index is 13.7. The number of aryl methyl sites for hydroxylation is 1. The number of hydrogen-bond acceptors (Lipinski definition) is 3. The van der Waals surface area contributed by atoms with Gasteiger partial charge in [0.15, 0.2) is 0 Å². The van der Waals surface area contributed by atoms with Crippen LogP contribution in [0.2, 0.25) is 5.02 Å². The predicted octanol–water partition coefficient (Wildman–Crippen LogP) is 3.95. The molecule has 7 heteroatoms. The number of benzene rings is 2. The molecule has 5 nitrogen and oxygen atoms in total. The van der Waals surface area contributed by atoms with Crippen LogP contribution < -0.4 is 5.32 Å². The molecule has 0 aliphatic rings. The molecular weight excluding hydrogens is 299 g/mol. The second-order valence-electron chi connectivity index (χ2n) is 4.36. The van der Waals surface area contributed by atoms with E-state index in [0.717, 1.165) is 17.7 Å². The summed E-state index contributed by atoms with van der Waals surface area (Å²) in [7, 11) is 0. The molecule has 0 saturated carbocycles. The van der Waals surface area contributed by atoms with Crippen molar-refractivity contribution in [2.75, 3.05) is 5.32 Å². The minimum absolute atomic E-state index is 0.0139. The third-order valence-electron chi connectivity index (χ3n) is 2.78. The summed E-state index contributed by atoms with van der Waals surface area (Å²) >= 11 is 5.84. The van der Waals surface area contributed by atoms with Gasteiger partial charge in [0.25, 0.3) is 11.6 Å². The van der Waals surface area contributed by atoms with Crippen molar-refractivity contribution in [1.29, 1.82) is 0 Å². The summed E-state index contributed by atoms with van der Waals surface area (Å²) in [6.45, 7) is 1.72. The summed E-state index contributed by atoms with van der Waals surface area (Å²) in [6.07, 6.45) is 0. The quantitative estimate of drug-likeness (QED) is 0.689. The van der Waals surface area contributed by atoms with Crippen LogP contribution in [-0.4, -0.2) is 10.8 Å². The number of anilines is 1. The lowest BCUT2D eigenvalue weighted by Crippen LogP contribution is -2.13. The minimum atomic E-state index is -0.641. The van der Waals surface area contributed by atoms with Gasteiger partial charge < -0.3 is 5.32 Å². The van der Waals surface area contributed by atoms with Crippen LogP contribution in [0.15, 0.2) is 36.4 Å². The summed E-state index contributed by atoms with van der Waals surface area (Å²) in [4.78, 5) is 22.0. The molecule has 0 fully saturated rings.